The molecule has 1 atom stereocenters. The molecule has 0 aliphatic carbocycles. The maximum absolute atomic E-state index is 12.5. The van der Waals surface area contributed by atoms with Gasteiger partial charge in [-0.2, -0.15) is 0 Å². The molecule has 0 saturated heterocycles. The van der Waals surface area contributed by atoms with Gasteiger partial charge in [-0.3, -0.25) is 4.79 Å². The summed E-state index contributed by atoms with van der Waals surface area (Å²) in [6.45, 7) is 4.86. The van der Waals surface area contributed by atoms with E-state index in [0.717, 1.165) is 27.5 Å². The molecular weight excluding hydrogens is 396 g/mol. The fraction of sp³-hybridized carbons (Fsp3) is 0.312. The molecule has 1 aromatic heterocycles. The van der Waals surface area contributed by atoms with Gasteiger partial charge < -0.3 is 9.88 Å². The SMILES string of the molecule is CCC(NC(=O)c1cc(Br)cn1CC)c1ccc(Br)cc1. The highest BCUT2D eigenvalue weighted by Crippen LogP contribution is 2.21. The lowest BCUT2D eigenvalue weighted by atomic mass is 10.0. The van der Waals surface area contributed by atoms with E-state index in [1.807, 2.05) is 48.0 Å². The van der Waals surface area contributed by atoms with Crippen LogP contribution in [0.15, 0.2) is 45.5 Å². The summed E-state index contributed by atoms with van der Waals surface area (Å²) in [5, 5.41) is 3.11. The van der Waals surface area contributed by atoms with Gasteiger partial charge in [0.25, 0.3) is 5.91 Å². The van der Waals surface area contributed by atoms with Gasteiger partial charge in [0.1, 0.15) is 5.69 Å². The molecular formula is C16H18Br2N2O. The monoisotopic (exact) mass is 412 g/mol. The Morgan fingerprint density at radius 1 is 1.19 bits per heavy atom. The minimum atomic E-state index is -0.0441. The second-order valence-corrected chi connectivity index (χ2v) is 6.65. The number of benzene rings is 1. The average molecular weight is 414 g/mol. The first-order valence-electron chi connectivity index (χ1n) is 6.97. The third kappa shape index (κ3) is 3.98. The highest BCUT2D eigenvalue weighted by atomic mass is 79.9. The number of carbonyl (C=O) groups is 1. The van der Waals surface area contributed by atoms with Gasteiger partial charge in [-0.05, 0) is 53.0 Å². The summed E-state index contributed by atoms with van der Waals surface area (Å²) in [5.74, 6) is -0.0441. The zero-order chi connectivity index (χ0) is 15.4. The molecule has 1 N–H and O–H groups in total. The minimum absolute atomic E-state index is 0.0181. The summed E-state index contributed by atoms with van der Waals surface area (Å²) >= 11 is 6.85. The topological polar surface area (TPSA) is 34.0 Å². The number of carbonyl (C=O) groups excluding carboxylic acids is 1. The van der Waals surface area contributed by atoms with Crippen LogP contribution < -0.4 is 5.32 Å². The lowest BCUT2D eigenvalue weighted by Crippen LogP contribution is -2.29. The van der Waals surface area contributed by atoms with E-state index in [2.05, 4.69) is 44.1 Å². The highest BCUT2D eigenvalue weighted by Gasteiger charge is 2.17. The maximum atomic E-state index is 12.5. The van der Waals surface area contributed by atoms with Gasteiger partial charge in [-0.15, -0.1) is 0 Å². The number of amides is 1. The van der Waals surface area contributed by atoms with Crippen molar-refractivity contribution < 1.29 is 4.79 Å². The molecule has 2 aromatic rings. The number of aryl methyl sites for hydroxylation is 1. The first-order chi connectivity index (χ1) is 10.0. The summed E-state index contributed by atoms with van der Waals surface area (Å²) in [7, 11) is 0. The van der Waals surface area contributed by atoms with Crippen molar-refractivity contribution in [2.75, 3.05) is 0 Å². The molecule has 5 heteroatoms. The smallest absolute Gasteiger partial charge is 0.268 e. The Bertz CT molecular complexity index is 620. The Balaban J connectivity index is 2.18. The number of hydrogen-bond acceptors (Lipinski definition) is 1. The highest BCUT2D eigenvalue weighted by molar-refractivity contribution is 9.10. The lowest BCUT2D eigenvalue weighted by molar-refractivity contribution is 0.0926. The standard InChI is InChI=1S/C16H18Br2N2O/c1-3-14(11-5-7-12(17)8-6-11)19-16(21)15-9-13(18)10-20(15)4-2/h5-10,14H,3-4H2,1-2H3,(H,19,21). The Kier molecular flexibility index (Phi) is 5.65. The molecule has 1 amide bonds. The lowest BCUT2D eigenvalue weighted by Gasteiger charge is -2.18. The molecule has 1 unspecified atom stereocenters. The van der Waals surface area contributed by atoms with Crippen LogP contribution in [0, 0.1) is 0 Å². The third-order valence-electron chi connectivity index (χ3n) is 3.42. The number of nitrogens with one attached hydrogen (secondary N) is 1. The Morgan fingerprint density at radius 2 is 1.86 bits per heavy atom. The van der Waals surface area contributed by atoms with Gasteiger partial charge in [0.2, 0.25) is 0 Å². The summed E-state index contributed by atoms with van der Waals surface area (Å²) in [5.41, 5.74) is 1.79. The van der Waals surface area contributed by atoms with E-state index in [0.29, 0.717) is 5.69 Å². The number of aromatic nitrogens is 1. The minimum Gasteiger partial charge on any atom is -0.344 e. The molecule has 0 saturated carbocycles. The fourth-order valence-electron chi connectivity index (χ4n) is 2.28. The van der Waals surface area contributed by atoms with Crippen LogP contribution in [-0.2, 0) is 6.54 Å². The van der Waals surface area contributed by atoms with Crippen molar-refractivity contribution in [1.29, 1.82) is 0 Å². The van der Waals surface area contributed by atoms with E-state index in [9.17, 15) is 4.79 Å². The number of nitrogens with zero attached hydrogens (tertiary/aromatic N) is 1. The molecule has 2 rings (SSSR count). The number of hydrogen-bond donors (Lipinski definition) is 1. The Hall–Kier alpha value is -1.07. The van der Waals surface area contributed by atoms with Crippen molar-refractivity contribution in [3.63, 3.8) is 0 Å². The molecule has 0 aliphatic heterocycles. The van der Waals surface area contributed by atoms with Crippen LogP contribution in [0.4, 0.5) is 0 Å². The average Bonchev–Trinajstić information content (AvgIpc) is 2.87. The van der Waals surface area contributed by atoms with Crippen LogP contribution in [0.2, 0.25) is 0 Å². The quantitative estimate of drug-likeness (QED) is 0.741. The normalized spacial score (nSPS) is 12.2. The van der Waals surface area contributed by atoms with Gasteiger partial charge >= 0.3 is 0 Å². The van der Waals surface area contributed by atoms with Gasteiger partial charge in [0.15, 0.2) is 0 Å². The molecule has 0 spiro atoms. The molecule has 0 bridgehead atoms. The van der Waals surface area contributed by atoms with Crippen molar-refractivity contribution >= 4 is 37.8 Å². The van der Waals surface area contributed by atoms with Crippen LogP contribution in [-0.4, -0.2) is 10.5 Å². The first kappa shape index (κ1) is 16.3. The van der Waals surface area contributed by atoms with Crippen LogP contribution >= 0.6 is 31.9 Å². The number of halogens is 2. The van der Waals surface area contributed by atoms with Crippen LogP contribution in [0.3, 0.4) is 0 Å². The summed E-state index contributed by atoms with van der Waals surface area (Å²) in [6.07, 6.45) is 2.77. The Labute approximate surface area is 142 Å². The molecule has 0 aliphatic rings. The molecule has 1 heterocycles. The predicted octanol–water partition coefficient (Wildman–Crippen LogP) is 4.91. The first-order valence-corrected chi connectivity index (χ1v) is 8.55. The van der Waals surface area contributed by atoms with Crippen molar-refractivity contribution in [2.45, 2.75) is 32.9 Å². The van der Waals surface area contributed by atoms with Gasteiger partial charge in [0, 0.05) is 21.7 Å². The molecule has 1 aromatic carbocycles. The molecule has 3 nitrogen and oxygen atoms in total. The summed E-state index contributed by atoms with van der Waals surface area (Å²) < 4.78 is 3.90. The van der Waals surface area contributed by atoms with Gasteiger partial charge in [0.05, 0.1) is 6.04 Å². The van der Waals surface area contributed by atoms with Crippen LogP contribution in [0.1, 0.15) is 42.4 Å². The zero-order valence-electron chi connectivity index (χ0n) is 12.1. The summed E-state index contributed by atoms with van der Waals surface area (Å²) in [4.78, 5) is 12.5. The molecule has 0 radical (unpaired) electrons. The van der Waals surface area contributed by atoms with Gasteiger partial charge in [-0.1, -0.05) is 35.0 Å². The van der Waals surface area contributed by atoms with E-state index in [1.165, 1.54) is 0 Å². The van der Waals surface area contributed by atoms with E-state index < -0.39 is 0 Å². The maximum Gasteiger partial charge on any atom is 0.268 e. The van der Waals surface area contributed by atoms with Crippen LogP contribution in [0.25, 0.3) is 0 Å². The fourth-order valence-corrected chi connectivity index (χ4v) is 3.00. The second kappa shape index (κ2) is 7.27. The molecule has 112 valence electrons. The van der Waals surface area contributed by atoms with E-state index >= 15 is 0 Å². The van der Waals surface area contributed by atoms with Crippen molar-refractivity contribution in [1.82, 2.24) is 9.88 Å². The predicted molar refractivity (Wildman–Crippen MR) is 92.4 cm³/mol. The van der Waals surface area contributed by atoms with Crippen molar-refractivity contribution in [3.05, 3.63) is 56.7 Å². The summed E-state index contributed by atoms with van der Waals surface area (Å²) in [6, 6.07) is 9.93. The molecule has 21 heavy (non-hydrogen) atoms. The second-order valence-electron chi connectivity index (χ2n) is 4.82. The van der Waals surface area contributed by atoms with E-state index in [1.54, 1.807) is 0 Å². The zero-order valence-corrected chi connectivity index (χ0v) is 15.2. The van der Waals surface area contributed by atoms with E-state index in [-0.39, 0.29) is 11.9 Å². The van der Waals surface area contributed by atoms with Gasteiger partial charge in [-0.25, -0.2) is 0 Å². The largest absolute Gasteiger partial charge is 0.344 e. The van der Waals surface area contributed by atoms with Crippen LogP contribution in [0.5, 0.6) is 0 Å². The third-order valence-corrected chi connectivity index (χ3v) is 4.38. The Morgan fingerprint density at radius 3 is 2.43 bits per heavy atom. The number of rotatable bonds is 5. The molecule has 0 fully saturated rings. The van der Waals surface area contributed by atoms with Crippen molar-refractivity contribution in [2.24, 2.45) is 0 Å². The van der Waals surface area contributed by atoms with Crippen molar-refractivity contribution in [3.8, 4) is 0 Å². The van der Waals surface area contributed by atoms with E-state index in [4.69, 9.17) is 0 Å².